The van der Waals surface area contributed by atoms with Crippen LogP contribution in [0.5, 0.6) is 0 Å². The lowest BCUT2D eigenvalue weighted by atomic mass is 9.99. The van der Waals surface area contributed by atoms with Gasteiger partial charge in [-0.3, -0.25) is 0 Å². The van der Waals surface area contributed by atoms with Crippen LogP contribution in [0.1, 0.15) is 28.5 Å². The van der Waals surface area contributed by atoms with Gasteiger partial charge in [0.15, 0.2) is 0 Å². The molecule has 3 heteroatoms. The SMILES string of the molecule is CNC(c1cc2cccc(C)c2o1)c1cc(Cl)ccc1C. The molecule has 0 radical (unpaired) electrons. The van der Waals surface area contributed by atoms with Crippen molar-refractivity contribution in [3.8, 4) is 0 Å². The molecule has 2 aromatic carbocycles. The van der Waals surface area contributed by atoms with E-state index in [-0.39, 0.29) is 6.04 Å². The summed E-state index contributed by atoms with van der Waals surface area (Å²) in [6.45, 7) is 4.15. The van der Waals surface area contributed by atoms with Crippen LogP contribution in [0.4, 0.5) is 0 Å². The molecular formula is C18H18ClNO. The van der Waals surface area contributed by atoms with Crippen LogP contribution in [-0.4, -0.2) is 7.05 Å². The van der Waals surface area contributed by atoms with Crippen LogP contribution < -0.4 is 5.32 Å². The molecule has 1 unspecified atom stereocenters. The zero-order chi connectivity index (χ0) is 15.0. The molecule has 0 aliphatic rings. The van der Waals surface area contributed by atoms with Crippen molar-refractivity contribution in [1.29, 1.82) is 0 Å². The van der Waals surface area contributed by atoms with Gasteiger partial charge in [-0.05, 0) is 55.8 Å². The van der Waals surface area contributed by atoms with Gasteiger partial charge >= 0.3 is 0 Å². The highest BCUT2D eigenvalue weighted by atomic mass is 35.5. The van der Waals surface area contributed by atoms with Crippen LogP contribution in [0.25, 0.3) is 11.0 Å². The lowest BCUT2D eigenvalue weighted by Gasteiger charge is -2.17. The van der Waals surface area contributed by atoms with Crippen LogP contribution in [0.15, 0.2) is 46.9 Å². The third-order valence-corrected chi connectivity index (χ3v) is 4.12. The summed E-state index contributed by atoms with van der Waals surface area (Å²) in [5.41, 5.74) is 4.43. The molecular weight excluding hydrogens is 282 g/mol. The second kappa shape index (κ2) is 5.55. The van der Waals surface area contributed by atoms with Crippen LogP contribution >= 0.6 is 11.6 Å². The van der Waals surface area contributed by atoms with Gasteiger partial charge < -0.3 is 9.73 Å². The average Bonchev–Trinajstić information content (AvgIpc) is 2.89. The van der Waals surface area contributed by atoms with E-state index in [2.05, 4.69) is 43.4 Å². The number of rotatable bonds is 3. The fourth-order valence-corrected chi connectivity index (χ4v) is 2.92. The highest BCUT2D eigenvalue weighted by molar-refractivity contribution is 6.30. The van der Waals surface area contributed by atoms with Gasteiger partial charge in [-0.1, -0.05) is 35.9 Å². The first-order valence-corrected chi connectivity index (χ1v) is 7.40. The average molecular weight is 300 g/mol. The number of aryl methyl sites for hydroxylation is 2. The molecule has 0 bridgehead atoms. The van der Waals surface area contributed by atoms with Crippen molar-refractivity contribution in [2.24, 2.45) is 0 Å². The van der Waals surface area contributed by atoms with E-state index in [0.29, 0.717) is 0 Å². The largest absolute Gasteiger partial charge is 0.459 e. The van der Waals surface area contributed by atoms with E-state index in [1.54, 1.807) is 0 Å². The van der Waals surface area contributed by atoms with E-state index in [1.807, 2.05) is 25.2 Å². The first kappa shape index (κ1) is 14.2. The first-order chi connectivity index (χ1) is 10.1. The summed E-state index contributed by atoms with van der Waals surface area (Å²) in [7, 11) is 1.94. The summed E-state index contributed by atoms with van der Waals surface area (Å²) in [4.78, 5) is 0. The second-order valence-electron chi connectivity index (χ2n) is 5.36. The van der Waals surface area contributed by atoms with E-state index >= 15 is 0 Å². The molecule has 3 aromatic rings. The highest BCUT2D eigenvalue weighted by Gasteiger charge is 2.19. The fraction of sp³-hybridized carbons (Fsp3) is 0.222. The third kappa shape index (κ3) is 2.57. The lowest BCUT2D eigenvalue weighted by molar-refractivity contribution is 0.489. The molecule has 1 N–H and O–H groups in total. The maximum Gasteiger partial charge on any atom is 0.137 e. The highest BCUT2D eigenvalue weighted by Crippen LogP contribution is 2.32. The quantitative estimate of drug-likeness (QED) is 0.735. The molecule has 0 aliphatic carbocycles. The van der Waals surface area contributed by atoms with Gasteiger partial charge in [0.25, 0.3) is 0 Å². The Hall–Kier alpha value is -1.77. The maximum absolute atomic E-state index is 6.15. The second-order valence-corrected chi connectivity index (χ2v) is 5.80. The Morgan fingerprint density at radius 3 is 2.57 bits per heavy atom. The van der Waals surface area contributed by atoms with Crippen LogP contribution in [0, 0.1) is 13.8 Å². The van der Waals surface area contributed by atoms with Gasteiger partial charge in [-0.25, -0.2) is 0 Å². The zero-order valence-corrected chi connectivity index (χ0v) is 13.2. The topological polar surface area (TPSA) is 25.2 Å². The number of furan rings is 1. The standard InChI is InChI=1S/C18H18ClNO/c1-11-7-8-14(19)10-15(11)17(20-3)16-9-13-6-4-5-12(2)18(13)21-16/h4-10,17,20H,1-3H3. The molecule has 0 saturated carbocycles. The molecule has 3 rings (SSSR count). The van der Waals surface area contributed by atoms with Crippen molar-refractivity contribution in [1.82, 2.24) is 5.32 Å². The molecule has 0 saturated heterocycles. The minimum atomic E-state index is -0.00417. The van der Waals surface area contributed by atoms with Crippen molar-refractivity contribution in [2.75, 3.05) is 7.05 Å². The number of para-hydroxylation sites is 1. The fourth-order valence-electron chi connectivity index (χ4n) is 2.74. The molecule has 1 atom stereocenters. The van der Waals surface area contributed by atoms with Crippen molar-refractivity contribution >= 4 is 22.6 Å². The lowest BCUT2D eigenvalue weighted by Crippen LogP contribution is -2.18. The molecule has 108 valence electrons. The van der Waals surface area contributed by atoms with Crippen molar-refractivity contribution in [3.63, 3.8) is 0 Å². The smallest absolute Gasteiger partial charge is 0.137 e. The number of nitrogens with one attached hydrogen (secondary N) is 1. The summed E-state index contributed by atoms with van der Waals surface area (Å²) in [5.74, 6) is 0.909. The predicted molar refractivity (Wildman–Crippen MR) is 88.0 cm³/mol. The summed E-state index contributed by atoms with van der Waals surface area (Å²) in [5, 5.41) is 5.20. The number of hydrogen-bond donors (Lipinski definition) is 1. The zero-order valence-electron chi connectivity index (χ0n) is 12.4. The first-order valence-electron chi connectivity index (χ1n) is 7.02. The van der Waals surface area contributed by atoms with Crippen LogP contribution in [0.3, 0.4) is 0 Å². The molecule has 0 spiro atoms. The monoisotopic (exact) mass is 299 g/mol. The van der Waals surface area contributed by atoms with Crippen molar-refractivity contribution in [2.45, 2.75) is 19.9 Å². The van der Waals surface area contributed by atoms with Gasteiger partial charge in [0, 0.05) is 10.4 Å². The van der Waals surface area contributed by atoms with E-state index in [4.69, 9.17) is 16.0 Å². The van der Waals surface area contributed by atoms with Gasteiger partial charge in [0.2, 0.25) is 0 Å². The van der Waals surface area contributed by atoms with E-state index in [1.165, 1.54) is 5.56 Å². The Morgan fingerprint density at radius 2 is 1.86 bits per heavy atom. The van der Waals surface area contributed by atoms with Crippen LogP contribution in [0.2, 0.25) is 5.02 Å². The van der Waals surface area contributed by atoms with Gasteiger partial charge in [0.1, 0.15) is 11.3 Å². The maximum atomic E-state index is 6.15. The normalized spacial score (nSPS) is 12.8. The number of benzene rings is 2. The Morgan fingerprint density at radius 1 is 1.05 bits per heavy atom. The summed E-state index contributed by atoms with van der Waals surface area (Å²) in [6.07, 6.45) is 0. The van der Waals surface area contributed by atoms with Crippen molar-refractivity contribution < 1.29 is 4.42 Å². The van der Waals surface area contributed by atoms with Gasteiger partial charge in [0.05, 0.1) is 6.04 Å². The minimum absolute atomic E-state index is 0.00417. The summed E-state index contributed by atoms with van der Waals surface area (Å²) in [6, 6.07) is 14.2. The van der Waals surface area contributed by atoms with E-state index < -0.39 is 0 Å². The molecule has 1 heterocycles. The minimum Gasteiger partial charge on any atom is -0.459 e. The van der Waals surface area contributed by atoms with E-state index in [9.17, 15) is 0 Å². The molecule has 21 heavy (non-hydrogen) atoms. The Balaban J connectivity index is 2.13. The number of halogens is 1. The van der Waals surface area contributed by atoms with Gasteiger partial charge in [-0.15, -0.1) is 0 Å². The molecule has 0 fully saturated rings. The van der Waals surface area contributed by atoms with Crippen molar-refractivity contribution in [3.05, 3.63) is 69.9 Å². The predicted octanol–water partition coefficient (Wildman–Crippen LogP) is 5.01. The molecule has 2 nitrogen and oxygen atoms in total. The van der Waals surface area contributed by atoms with Crippen LogP contribution in [-0.2, 0) is 0 Å². The third-order valence-electron chi connectivity index (χ3n) is 3.89. The van der Waals surface area contributed by atoms with E-state index in [0.717, 1.165) is 32.9 Å². The molecule has 0 amide bonds. The number of fused-ring (bicyclic) bond motifs is 1. The Labute approximate surface area is 129 Å². The summed E-state index contributed by atoms with van der Waals surface area (Å²) < 4.78 is 6.10. The Bertz CT molecular complexity index is 791. The Kier molecular flexibility index (Phi) is 3.75. The number of hydrogen-bond acceptors (Lipinski definition) is 2. The molecule has 1 aromatic heterocycles. The van der Waals surface area contributed by atoms with Gasteiger partial charge in [-0.2, -0.15) is 0 Å². The summed E-state index contributed by atoms with van der Waals surface area (Å²) >= 11 is 6.15. The molecule has 0 aliphatic heterocycles.